The fraction of sp³-hybridized carbons (Fsp3) is 0.353. The molecule has 1 aromatic heterocycles. The van der Waals surface area contributed by atoms with Gasteiger partial charge in [-0.05, 0) is 43.7 Å². The molecule has 1 heterocycles. The molecule has 0 saturated carbocycles. The minimum atomic E-state index is 0.555. The van der Waals surface area contributed by atoms with Crippen LogP contribution in [0.3, 0.4) is 0 Å². The molecule has 0 saturated heterocycles. The predicted molar refractivity (Wildman–Crippen MR) is 88.7 cm³/mol. The third-order valence-corrected chi connectivity index (χ3v) is 3.44. The molecule has 118 valence electrons. The van der Waals surface area contributed by atoms with E-state index in [-0.39, 0.29) is 0 Å². The molecule has 0 aliphatic carbocycles. The van der Waals surface area contributed by atoms with Crippen molar-refractivity contribution in [1.82, 2.24) is 10.3 Å². The summed E-state index contributed by atoms with van der Waals surface area (Å²) in [6.45, 7) is 5.87. The number of aryl methyl sites for hydroxylation is 1. The van der Waals surface area contributed by atoms with E-state index in [1.54, 1.807) is 7.11 Å². The van der Waals surface area contributed by atoms with Gasteiger partial charge >= 0.3 is 0 Å². The molecule has 1 aromatic carbocycles. The summed E-state index contributed by atoms with van der Waals surface area (Å²) < 4.78 is 10.9. The second-order valence-electron chi connectivity index (χ2n) is 4.92. The Kier molecular flexibility index (Phi) is 6.04. The largest absolute Gasteiger partial charge is 0.491 e. The molecular weight excluding hydrogens is 300 g/mol. The molecule has 2 rings (SSSR count). The fourth-order valence-electron chi connectivity index (χ4n) is 2.22. The van der Waals surface area contributed by atoms with Gasteiger partial charge in [-0.15, -0.1) is 0 Å². The van der Waals surface area contributed by atoms with Gasteiger partial charge in [-0.2, -0.15) is 0 Å². The monoisotopic (exact) mass is 320 g/mol. The van der Waals surface area contributed by atoms with Gasteiger partial charge in [-0.25, -0.2) is 0 Å². The Hall–Kier alpha value is -1.78. The lowest BCUT2D eigenvalue weighted by atomic mass is 10.2. The number of hydrogen-bond donors (Lipinski definition) is 1. The maximum absolute atomic E-state index is 6.24. The Bertz CT molecular complexity index is 632. The molecule has 0 aliphatic rings. The molecule has 0 radical (unpaired) electrons. The van der Waals surface area contributed by atoms with Crippen molar-refractivity contribution in [3.05, 3.63) is 52.3 Å². The molecule has 0 fully saturated rings. The summed E-state index contributed by atoms with van der Waals surface area (Å²) in [4.78, 5) is 4.46. The van der Waals surface area contributed by atoms with Crippen molar-refractivity contribution in [2.75, 3.05) is 13.7 Å². The highest BCUT2D eigenvalue weighted by Crippen LogP contribution is 2.36. The van der Waals surface area contributed by atoms with E-state index in [4.69, 9.17) is 21.1 Å². The van der Waals surface area contributed by atoms with Crippen molar-refractivity contribution in [3.63, 3.8) is 0 Å². The van der Waals surface area contributed by atoms with Gasteiger partial charge in [0.15, 0.2) is 11.5 Å². The number of methoxy groups -OCH3 is 1. The van der Waals surface area contributed by atoms with Crippen molar-refractivity contribution < 1.29 is 9.47 Å². The van der Waals surface area contributed by atoms with Gasteiger partial charge in [-0.3, -0.25) is 4.98 Å². The van der Waals surface area contributed by atoms with E-state index in [0.717, 1.165) is 17.0 Å². The first-order valence-electron chi connectivity index (χ1n) is 7.26. The maximum atomic E-state index is 6.24. The number of hydrogen-bond acceptors (Lipinski definition) is 4. The summed E-state index contributed by atoms with van der Waals surface area (Å²) in [5, 5.41) is 3.92. The molecule has 0 atom stereocenters. The zero-order valence-corrected chi connectivity index (χ0v) is 13.9. The average Bonchev–Trinajstić information content (AvgIpc) is 2.47. The first-order chi connectivity index (χ1) is 10.6. The number of pyridine rings is 1. The van der Waals surface area contributed by atoms with Crippen LogP contribution >= 0.6 is 11.6 Å². The highest BCUT2D eigenvalue weighted by atomic mass is 35.5. The lowest BCUT2D eigenvalue weighted by molar-refractivity contribution is 0.310. The van der Waals surface area contributed by atoms with Crippen molar-refractivity contribution in [2.24, 2.45) is 0 Å². The first-order valence-corrected chi connectivity index (χ1v) is 7.64. The molecule has 1 N–H and O–H groups in total. The van der Waals surface area contributed by atoms with E-state index in [9.17, 15) is 0 Å². The van der Waals surface area contributed by atoms with Gasteiger partial charge in [0.05, 0.1) is 24.4 Å². The fourth-order valence-corrected chi connectivity index (χ4v) is 2.53. The molecule has 0 unspecified atom stereocenters. The molecular formula is C17H21ClN2O2. The van der Waals surface area contributed by atoms with Crippen LogP contribution in [-0.2, 0) is 13.1 Å². The number of rotatable bonds is 7. The van der Waals surface area contributed by atoms with E-state index in [1.165, 1.54) is 0 Å². The third-order valence-electron chi connectivity index (χ3n) is 3.15. The summed E-state index contributed by atoms with van der Waals surface area (Å²) in [6.07, 6.45) is 0. The molecule has 5 heteroatoms. The van der Waals surface area contributed by atoms with Crippen molar-refractivity contribution in [1.29, 1.82) is 0 Å². The summed E-state index contributed by atoms with van der Waals surface area (Å²) in [5.41, 5.74) is 3.08. The van der Waals surface area contributed by atoms with Crippen LogP contribution in [0.4, 0.5) is 0 Å². The Morgan fingerprint density at radius 3 is 2.73 bits per heavy atom. The van der Waals surface area contributed by atoms with Gasteiger partial charge < -0.3 is 14.8 Å². The van der Waals surface area contributed by atoms with Gasteiger partial charge in [0, 0.05) is 18.8 Å². The lowest BCUT2D eigenvalue weighted by Gasteiger charge is -2.13. The summed E-state index contributed by atoms with van der Waals surface area (Å²) >= 11 is 6.24. The van der Waals surface area contributed by atoms with Gasteiger partial charge in [0.1, 0.15) is 0 Å². The molecule has 0 spiro atoms. The number of nitrogens with zero attached hydrogens (tertiary/aromatic N) is 1. The van der Waals surface area contributed by atoms with Crippen LogP contribution in [0.1, 0.15) is 23.9 Å². The first kappa shape index (κ1) is 16.6. The smallest absolute Gasteiger partial charge is 0.179 e. The Balaban J connectivity index is 2.03. The van der Waals surface area contributed by atoms with Crippen LogP contribution in [0.25, 0.3) is 0 Å². The second kappa shape index (κ2) is 8.01. The number of benzene rings is 1. The van der Waals surface area contributed by atoms with E-state index in [1.807, 2.05) is 44.2 Å². The topological polar surface area (TPSA) is 43.4 Å². The quantitative estimate of drug-likeness (QED) is 0.844. The van der Waals surface area contributed by atoms with E-state index in [2.05, 4.69) is 10.3 Å². The standard InChI is InChI=1S/C17H21ClN2O2/c1-4-22-16-9-13(8-15(18)17(16)21-3)10-19-11-14-7-5-6-12(2)20-14/h5-9,19H,4,10-11H2,1-3H3. The molecule has 0 bridgehead atoms. The minimum Gasteiger partial charge on any atom is -0.491 e. The van der Waals surface area contributed by atoms with E-state index >= 15 is 0 Å². The third kappa shape index (κ3) is 4.36. The Morgan fingerprint density at radius 2 is 2.05 bits per heavy atom. The highest BCUT2D eigenvalue weighted by molar-refractivity contribution is 6.32. The Labute approximate surface area is 136 Å². The van der Waals surface area contributed by atoms with Crippen molar-refractivity contribution in [2.45, 2.75) is 26.9 Å². The van der Waals surface area contributed by atoms with Crippen LogP contribution in [-0.4, -0.2) is 18.7 Å². The molecule has 0 aliphatic heterocycles. The summed E-state index contributed by atoms with van der Waals surface area (Å²) in [7, 11) is 1.59. The van der Waals surface area contributed by atoms with Gasteiger partial charge in [0.25, 0.3) is 0 Å². The minimum absolute atomic E-state index is 0.555. The van der Waals surface area contributed by atoms with Gasteiger partial charge in [0.2, 0.25) is 0 Å². The SMILES string of the molecule is CCOc1cc(CNCc2cccc(C)n2)cc(Cl)c1OC. The van der Waals surface area contributed by atoms with Crippen LogP contribution in [0, 0.1) is 6.92 Å². The van der Waals surface area contributed by atoms with Crippen LogP contribution < -0.4 is 14.8 Å². The maximum Gasteiger partial charge on any atom is 0.179 e. The summed E-state index contributed by atoms with van der Waals surface area (Å²) in [6, 6.07) is 9.84. The summed E-state index contributed by atoms with van der Waals surface area (Å²) in [5.74, 6) is 1.25. The van der Waals surface area contributed by atoms with Gasteiger partial charge in [-0.1, -0.05) is 17.7 Å². The van der Waals surface area contributed by atoms with E-state index in [0.29, 0.717) is 36.2 Å². The normalized spacial score (nSPS) is 10.5. The zero-order valence-electron chi connectivity index (χ0n) is 13.1. The van der Waals surface area contributed by atoms with Crippen molar-refractivity contribution >= 4 is 11.6 Å². The number of aromatic nitrogens is 1. The van der Waals surface area contributed by atoms with Crippen LogP contribution in [0.15, 0.2) is 30.3 Å². The average molecular weight is 321 g/mol. The molecule has 0 amide bonds. The zero-order chi connectivity index (χ0) is 15.9. The predicted octanol–water partition coefficient (Wildman–Crippen LogP) is 3.74. The van der Waals surface area contributed by atoms with Crippen LogP contribution in [0.5, 0.6) is 11.5 Å². The molecule has 22 heavy (non-hydrogen) atoms. The number of halogens is 1. The van der Waals surface area contributed by atoms with Crippen LogP contribution in [0.2, 0.25) is 5.02 Å². The van der Waals surface area contributed by atoms with Crippen molar-refractivity contribution in [3.8, 4) is 11.5 Å². The number of nitrogens with one attached hydrogen (secondary N) is 1. The molecule has 2 aromatic rings. The Morgan fingerprint density at radius 1 is 1.23 bits per heavy atom. The second-order valence-corrected chi connectivity index (χ2v) is 5.32. The number of ether oxygens (including phenoxy) is 2. The molecule has 4 nitrogen and oxygen atoms in total. The highest BCUT2D eigenvalue weighted by Gasteiger charge is 2.11. The lowest BCUT2D eigenvalue weighted by Crippen LogP contribution is -2.14. The van der Waals surface area contributed by atoms with E-state index < -0.39 is 0 Å².